The fraction of sp³-hybridized carbons (Fsp3) is 0.238. The molecule has 0 unspecified atom stereocenters. The van der Waals surface area contributed by atoms with Gasteiger partial charge in [0.05, 0.1) is 30.3 Å². The van der Waals surface area contributed by atoms with Crippen LogP contribution in [0.15, 0.2) is 61.2 Å². The average molecular weight is 432 g/mol. The first-order chi connectivity index (χ1) is 14.2. The van der Waals surface area contributed by atoms with Crippen LogP contribution in [-0.2, 0) is 14.8 Å². The summed E-state index contributed by atoms with van der Waals surface area (Å²) >= 11 is 0. The molecule has 0 aliphatic rings. The summed E-state index contributed by atoms with van der Waals surface area (Å²) in [5.41, 5.74) is 0.854. The number of benzene rings is 2. The number of carbonyl (C=O) groups excluding carboxylic acids is 2. The molecule has 8 nitrogen and oxygen atoms in total. The molecule has 2 amide bonds. The van der Waals surface area contributed by atoms with Gasteiger partial charge in [0.1, 0.15) is 11.8 Å². The monoisotopic (exact) mass is 431 g/mol. The van der Waals surface area contributed by atoms with E-state index in [1.807, 2.05) is 0 Å². The first-order valence-electron chi connectivity index (χ1n) is 9.11. The first-order valence-corrected chi connectivity index (χ1v) is 11.0. The number of anilines is 2. The third-order valence-corrected chi connectivity index (χ3v) is 5.49. The lowest BCUT2D eigenvalue weighted by molar-refractivity contribution is -0.116. The third-order valence-electron chi connectivity index (χ3n) is 4.25. The molecule has 2 rings (SSSR count). The molecule has 160 valence electrons. The van der Waals surface area contributed by atoms with E-state index in [-0.39, 0.29) is 23.7 Å². The second-order valence-corrected chi connectivity index (χ2v) is 8.33. The maximum atomic E-state index is 12.9. The topological polar surface area (TPSA) is 105 Å². The SMILES string of the molecule is C=CCNC(=O)c1ccccc1NC(=O)[C@@H](C)N(c1ccc(OC)cc1)S(C)(=O)=O. The van der Waals surface area contributed by atoms with Crippen molar-refractivity contribution in [3.8, 4) is 5.75 Å². The van der Waals surface area contributed by atoms with E-state index < -0.39 is 22.0 Å². The minimum atomic E-state index is -3.77. The molecule has 2 aromatic carbocycles. The Bertz CT molecular complexity index is 1020. The van der Waals surface area contributed by atoms with Gasteiger partial charge in [-0.2, -0.15) is 0 Å². The van der Waals surface area contributed by atoms with E-state index in [0.717, 1.165) is 10.6 Å². The summed E-state index contributed by atoms with van der Waals surface area (Å²) in [5.74, 6) is -0.405. The maximum absolute atomic E-state index is 12.9. The normalized spacial score (nSPS) is 11.8. The molecule has 0 radical (unpaired) electrons. The second-order valence-electron chi connectivity index (χ2n) is 6.47. The fourth-order valence-corrected chi connectivity index (χ4v) is 4.00. The van der Waals surface area contributed by atoms with Gasteiger partial charge < -0.3 is 15.4 Å². The van der Waals surface area contributed by atoms with Crippen molar-refractivity contribution in [3.63, 3.8) is 0 Å². The van der Waals surface area contributed by atoms with Gasteiger partial charge in [-0.3, -0.25) is 13.9 Å². The van der Waals surface area contributed by atoms with Crippen LogP contribution < -0.4 is 19.7 Å². The number of hydrogen-bond acceptors (Lipinski definition) is 5. The number of rotatable bonds is 9. The van der Waals surface area contributed by atoms with Crippen molar-refractivity contribution in [2.24, 2.45) is 0 Å². The summed E-state index contributed by atoms with van der Waals surface area (Å²) in [6.07, 6.45) is 2.57. The van der Waals surface area contributed by atoms with Gasteiger partial charge in [0.15, 0.2) is 0 Å². The lowest BCUT2D eigenvalue weighted by Gasteiger charge is -2.28. The van der Waals surface area contributed by atoms with Crippen molar-refractivity contribution >= 4 is 33.2 Å². The van der Waals surface area contributed by atoms with Crippen LogP contribution in [0.4, 0.5) is 11.4 Å². The number of methoxy groups -OCH3 is 1. The summed E-state index contributed by atoms with van der Waals surface area (Å²) in [4.78, 5) is 25.2. The van der Waals surface area contributed by atoms with Gasteiger partial charge in [0, 0.05) is 6.54 Å². The Morgan fingerprint density at radius 1 is 1.17 bits per heavy atom. The van der Waals surface area contributed by atoms with Crippen LogP contribution in [0.2, 0.25) is 0 Å². The molecular weight excluding hydrogens is 406 g/mol. The Morgan fingerprint density at radius 2 is 1.80 bits per heavy atom. The Morgan fingerprint density at radius 3 is 2.37 bits per heavy atom. The minimum Gasteiger partial charge on any atom is -0.497 e. The van der Waals surface area contributed by atoms with Crippen LogP contribution in [0.5, 0.6) is 5.75 Å². The first kappa shape index (κ1) is 23.0. The molecule has 0 fully saturated rings. The zero-order valence-corrected chi connectivity index (χ0v) is 17.9. The maximum Gasteiger partial charge on any atom is 0.253 e. The number of sulfonamides is 1. The molecule has 1 atom stereocenters. The molecule has 0 bridgehead atoms. The largest absolute Gasteiger partial charge is 0.497 e. The lowest BCUT2D eigenvalue weighted by atomic mass is 10.1. The van der Waals surface area contributed by atoms with Crippen LogP contribution in [0, 0.1) is 0 Å². The van der Waals surface area contributed by atoms with Crippen molar-refractivity contribution < 1.29 is 22.7 Å². The smallest absolute Gasteiger partial charge is 0.253 e. The van der Waals surface area contributed by atoms with Crippen LogP contribution in [-0.4, -0.2) is 46.2 Å². The quantitative estimate of drug-likeness (QED) is 0.593. The highest BCUT2D eigenvalue weighted by Gasteiger charge is 2.29. The van der Waals surface area contributed by atoms with Gasteiger partial charge >= 0.3 is 0 Å². The lowest BCUT2D eigenvalue weighted by Crippen LogP contribution is -2.45. The van der Waals surface area contributed by atoms with E-state index >= 15 is 0 Å². The molecule has 2 aromatic rings. The summed E-state index contributed by atoms with van der Waals surface area (Å²) in [6.45, 7) is 5.30. The Balaban J connectivity index is 2.30. The zero-order valence-electron chi connectivity index (χ0n) is 17.1. The summed E-state index contributed by atoms with van der Waals surface area (Å²) in [7, 11) is -2.27. The molecule has 0 spiro atoms. The van der Waals surface area contributed by atoms with Crippen LogP contribution in [0.1, 0.15) is 17.3 Å². The van der Waals surface area contributed by atoms with E-state index in [0.29, 0.717) is 11.4 Å². The predicted molar refractivity (Wildman–Crippen MR) is 117 cm³/mol. The number of ether oxygens (including phenoxy) is 1. The number of carbonyl (C=O) groups is 2. The minimum absolute atomic E-state index is 0.259. The van der Waals surface area contributed by atoms with Crippen molar-refractivity contribution in [2.45, 2.75) is 13.0 Å². The molecular formula is C21H25N3O5S. The van der Waals surface area contributed by atoms with Gasteiger partial charge in [0.25, 0.3) is 5.91 Å². The third kappa shape index (κ3) is 5.60. The number of nitrogens with zero attached hydrogens (tertiary/aromatic N) is 1. The summed E-state index contributed by atoms with van der Waals surface area (Å²) in [5, 5.41) is 5.30. The van der Waals surface area contributed by atoms with Crippen LogP contribution in [0.3, 0.4) is 0 Å². The van der Waals surface area contributed by atoms with E-state index in [9.17, 15) is 18.0 Å². The Kier molecular flexibility index (Phi) is 7.60. The molecule has 9 heteroatoms. The average Bonchev–Trinajstić information content (AvgIpc) is 2.72. The molecule has 0 aliphatic carbocycles. The number of para-hydroxylation sites is 1. The Hall–Kier alpha value is -3.33. The van der Waals surface area contributed by atoms with Gasteiger partial charge in [-0.25, -0.2) is 8.42 Å². The van der Waals surface area contributed by atoms with Crippen molar-refractivity contribution in [2.75, 3.05) is 29.5 Å². The Labute approximate surface area is 176 Å². The van der Waals surface area contributed by atoms with Gasteiger partial charge in [-0.1, -0.05) is 18.2 Å². The zero-order chi connectivity index (χ0) is 22.3. The van der Waals surface area contributed by atoms with Crippen molar-refractivity contribution in [3.05, 3.63) is 66.7 Å². The van der Waals surface area contributed by atoms with E-state index in [2.05, 4.69) is 17.2 Å². The molecule has 0 saturated heterocycles. The van der Waals surface area contributed by atoms with Crippen LogP contribution in [0.25, 0.3) is 0 Å². The second kappa shape index (κ2) is 9.93. The highest BCUT2D eigenvalue weighted by molar-refractivity contribution is 7.92. The number of hydrogen-bond donors (Lipinski definition) is 2. The standard InChI is InChI=1S/C21H25N3O5S/c1-5-14-22-21(26)18-8-6-7-9-19(18)23-20(25)15(2)24(30(4,27)28)16-10-12-17(29-3)13-11-16/h5-13,15H,1,14H2,2-4H3,(H,22,26)(H,23,25)/t15-/m1/s1. The summed E-state index contributed by atoms with van der Waals surface area (Å²) in [6, 6.07) is 11.7. The summed E-state index contributed by atoms with van der Waals surface area (Å²) < 4.78 is 30.9. The van der Waals surface area contributed by atoms with E-state index in [1.165, 1.54) is 14.0 Å². The molecule has 0 heterocycles. The molecule has 0 aromatic heterocycles. The van der Waals surface area contributed by atoms with E-state index in [4.69, 9.17) is 4.74 Å². The molecule has 30 heavy (non-hydrogen) atoms. The van der Waals surface area contributed by atoms with Gasteiger partial charge in [0.2, 0.25) is 15.9 Å². The van der Waals surface area contributed by atoms with Crippen molar-refractivity contribution in [1.29, 1.82) is 0 Å². The predicted octanol–water partition coefficient (Wildman–Crippen LogP) is 2.40. The van der Waals surface area contributed by atoms with Crippen LogP contribution >= 0.6 is 0 Å². The number of nitrogens with one attached hydrogen (secondary N) is 2. The van der Waals surface area contributed by atoms with E-state index in [1.54, 1.807) is 54.6 Å². The number of amides is 2. The van der Waals surface area contributed by atoms with Gasteiger partial charge in [-0.15, -0.1) is 6.58 Å². The molecule has 0 aliphatic heterocycles. The van der Waals surface area contributed by atoms with Crippen molar-refractivity contribution in [1.82, 2.24) is 5.32 Å². The fourth-order valence-electron chi connectivity index (χ4n) is 2.83. The molecule has 2 N–H and O–H groups in total. The molecule has 0 saturated carbocycles. The highest BCUT2D eigenvalue weighted by Crippen LogP contribution is 2.25. The van der Waals surface area contributed by atoms with Gasteiger partial charge in [-0.05, 0) is 43.3 Å². The highest BCUT2D eigenvalue weighted by atomic mass is 32.2.